The lowest BCUT2D eigenvalue weighted by atomic mass is 10.1. The van der Waals surface area contributed by atoms with Crippen LogP contribution in [0.4, 0.5) is 9.18 Å². The predicted molar refractivity (Wildman–Crippen MR) is 86.0 cm³/mol. The molecule has 0 N–H and O–H groups in total. The maximum Gasteiger partial charge on any atom is 0.409 e. The van der Waals surface area contributed by atoms with Crippen LogP contribution in [0.5, 0.6) is 0 Å². The second kappa shape index (κ2) is 7.93. The normalized spacial score (nSPS) is 21.3. The number of rotatable bonds is 5. The largest absolute Gasteiger partial charge is 0.453 e. The first-order valence-corrected chi connectivity index (χ1v) is 8.43. The van der Waals surface area contributed by atoms with E-state index in [0.717, 1.165) is 22.8 Å². The average molecular weight is 407 g/mol. The zero-order chi connectivity index (χ0) is 15.2. The number of hydrogen-bond donors (Lipinski definition) is 0. The van der Waals surface area contributed by atoms with Gasteiger partial charge in [-0.2, -0.15) is 0 Å². The summed E-state index contributed by atoms with van der Waals surface area (Å²) in [6.07, 6.45) is 1.91. The van der Waals surface area contributed by atoms with E-state index >= 15 is 0 Å². The average Bonchev–Trinajstić information content (AvgIpc) is 2.95. The summed E-state index contributed by atoms with van der Waals surface area (Å²) in [6, 6.07) is 6.13. The SMILES string of the molecule is COC(=O)N(Cc1ccc(F)cc1)C[C@H]1CC[C@@H](CI)O1. The fraction of sp³-hybridized carbons (Fsp3) is 0.533. The van der Waals surface area contributed by atoms with E-state index in [2.05, 4.69) is 22.6 Å². The lowest BCUT2D eigenvalue weighted by Gasteiger charge is -2.24. The van der Waals surface area contributed by atoms with Crippen LogP contribution >= 0.6 is 22.6 Å². The highest BCUT2D eigenvalue weighted by molar-refractivity contribution is 14.1. The van der Waals surface area contributed by atoms with Gasteiger partial charge in [-0.15, -0.1) is 0 Å². The van der Waals surface area contributed by atoms with E-state index in [0.29, 0.717) is 13.1 Å². The van der Waals surface area contributed by atoms with E-state index in [1.165, 1.54) is 19.2 Å². The smallest absolute Gasteiger partial charge is 0.409 e. The fourth-order valence-corrected chi connectivity index (χ4v) is 3.06. The number of carbonyl (C=O) groups excluding carboxylic acids is 1. The molecular formula is C15H19FINO3. The molecule has 2 atom stereocenters. The number of alkyl halides is 1. The van der Waals surface area contributed by atoms with Crippen LogP contribution in [0.2, 0.25) is 0 Å². The molecule has 4 nitrogen and oxygen atoms in total. The minimum absolute atomic E-state index is 0.0457. The Kier molecular flexibility index (Phi) is 6.22. The van der Waals surface area contributed by atoms with E-state index in [1.54, 1.807) is 17.0 Å². The molecule has 1 heterocycles. The fourth-order valence-electron chi connectivity index (χ4n) is 2.42. The van der Waals surface area contributed by atoms with Crippen LogP contribution in [0, 0.1) is 5.82 Å². The molecule has 0 unspecified atom stereocenters. The van der Waals surface area contributed by atoms with E-state index in [-0.39, 0.29) is 24.1 Å². The van der Waals surface area contributed by atoms with Crippen molar-refractivity contribution in [1.82, 2.24) is 4.90 Å². The molecule has 2 rings (SSSR count). The van der Waals surface area contributed by atoms with Crippen molar-refractivity contribution in [2.45, 2.75) is 31.6 Å². The van der Waals surface area contributed by atoms with Crippen LogP contribution in [0.3, 0.4) is 0 Å². The third-order valence-corrected chi connectivity index (χ3v) is 4.49. The van der Waals surface area contributed by atoms with Gasteiger partial charge in [-0.25, -0.2) is 9.18 Å². The standard InChI is InChI=1S/C15H19FINO3/c1-20-15(19)18(9-11-2-4-12(16)5-3-11)10-14-7-6-13(8-17)21-14/h2-5,13-14H,6-10H2,1H3/t13-,14+/m0/s1. The molecule has 1 saturated heterocycles. The molecule has 0 saturated carbocycles. The quantitative estimate of drug-likeness (QED) is 0.555. The number of carbonyl (C=O) groups is 1. The number of halogens is 2. The van der Waals surface area contributed by atoms with Crippen molar-refractivity contribution in [3.05, 3.63) is 35.6 Å². The van der Waals surface area contributed by atoms with Gasteiger partial charge in [-0.3, -0.25) is 0 Å². The van der Waals surface area contributed by atoms with Gasteiger partial charge in [-0.1, -0.05) is 34.7 Å². The summed E-state index contributed by atoms with van der Waals surface area (Å²) in [5.74, 6) is -0.285. The first-order chi connectivity index (χ1) is 10.1. The highest BCUT2D eigenvalue weighted by Crippen LogP contribution is 2.23. The summed E-state index contributed by atoms with van der Waals surface area (Å²) in [5.41, 5.74) is 0.866. The number of methoxy groups -OCH3 is 1. The summed E-state index contributed by atoms with van der Waals surface area (Å²) in [5, 5.41) is 0. The lowest BCUT2D eigenvalue weighted by Crippen LogP contribution is -2.37. The maximum atomic E-state index is 12.9. The van der Waals surface area contributed by atoms with Gasteiger partial charge in [0.05, 0.1) is 25.9 Å². The van der Waals surface area contributed by atoms with E-state index < -0.39 is 0 Å². The molecule has 1 aliphatic rings. The van der Waals surface area contributed by atoms with Crippen LogP contribution in [-0.4, -0.2) is 41.3 Å². The highest BCUT2D eigenvalue weighted by Gasteiger charge is 2.28. The van der Waals surface area contributed by atoms with E-state index in [1.807, 2.05) is 0 Å². The van der Waals surface area contributed by atoms with Crippen molar-refractivity contribution in [3.8, 4) is 0 Å². The van der Waals surface area contributed by atoms with Crippen molar-refractivity contribution >= 4 is 28.7 Å². The molecule has 6 heteroatoms. The maximum absolute atomic E-state index is 12.9. The van der Waals surface area contributed by atoms with Gasteiger partial charge in [0.1, 0.15) is 5.82 Å². The van der Waals surface area contributed by atoms with Crippen LogP contribution < -0.4 is 0 Å². The van der Waals surface area contributed by atoms with Gasteiger partial charge < -0.3 is 14.4 Å². The topological polar surface area (TPSA) is 38.8 Å². The van der Waals surface area contributed by atoms with Gasteiger partial charge in [0.15, 0.2) is 0 Å². The van der Waals surface area contributed by atoms with Gasteiger partial charge >= 0.3 is 6.09 Å². The third kappa shape index (κ3) is 4.81. The summed E-state index contributed by atoms with van der Waals surface area (Å²) in [4.78, 5) is 13.5. The van der Waals surface area contributed by atoms with Crippen LogP contribution in [0.25, 0.3) is 0 Å². The molecule has 1 aliphatic heterocycles. The third-order valence-electron chi connectivity index (χ3n) is 3.51. The number of benzene rings is 1. The van der Waals surface area contributed by atoms with Gasteiger partial charge in [-0.05, 0) is 30.5 Å². The Hall–Kier alpha value is -0.890. The van der Waals surface area contributed by atoms with Crippen molar-refractivity contribution < 1.29 is 18.7 Å². The zero-order valence-electron chi connectivity index (χ0n) is 11.9. The number of nitrogens with zero attached hydrogens (tertiary/aromatic N) is 1. The molecule has 0 spiro atoms. The van der Waals surface area contributed by atoms with Crippen LogP contribution in [0.1, 0.15) is 18.4 Å². The second-order valence-electron chi connectivity index (χ2n) is 5.09. The minimum atomic E-state index is -0.388. The molecule has 1 fully saturated rings. The Morgan fingerprint density at radius 2 is 2.05 bits per heavy atom. The van der Waals surface area contributed by atoms with Crippen molar-refractivity contribution in [1.29, 1.82) is 0 Å². The summed E-state index contributed by atoms with van der Waals surface area (Å²) in [6.45, 7) is 0.888. The zero-order valence-corrected chi connectivity index (χ0v) is 14.1. The van der Waals surface area contributed by atoms with Gasteiger partial charge in [0.25, 0.3) is 0 Å². The Morgan fingerprint density at radius 1 is 1.38 bits per heavy atom. The molecule has 0 radical (unpaired) electrons. The minimum Gasteiger partial charge on any atom is -0.453 e. The van der Waals surface area contributed by atoms with Crippen LogP contribution in [-0.2, 0) is 16.0 Å². The van der Waals surface area contributed by atoms with E-state index in [9.17, 15) is 9.18 Å². The number of hydrogen-bond acceptors (Lipinski definition) is 3. The lowest BCUT2D eigenvalue weighted by molar-refractivity contribution is 0.0308. The molecule has 0 bridgehead atoms. The Bertz CT molecular complexity index is 468. The van der Waals surface area contributed by atoms with Crippen molar-refractivity contribution in [3.63, 3.8) is 0 Å². The summed E-state index contributed by atoms with van der Waals surface area (Å²) >= 11 is 2.31. The van der Waals surface area contributed by atoms with Crippen LogP contribution in [0.15, 0.2) is 24.3 Å². The first-order valence-electron chi connectivity index (χ1n) is 6.91. The van der Waals surface area contributed by atoms with E-state index in [4.69, 9.17) is 9.47 Å². The Labute approximate surface area is 137 Å². The Balaban J connectivity index is 1.98. The second-order valence-corrected chi connectivity index (χ2v) is 5.97. The molecular weight excluding hydrogens is 388 g/mol. The van der Waals surface area contributed by atoms with Crippen molar-refractivity contribution in [2.75, 3.05) is 18.1 Å². The molecule has 0 aromatic heterocycles. The molecule has 1 aromatic carbocycles. The van der Waals surface area contributed by atoms with Gasteiger partial charge in [0, 0.05) is 11.0 Å². The number of ether oxygens (including phenoxy) is 2. The molecule has 116 valence electrons. The highest BCUT2D eigenvalue weighted by atomic mass is 127. The molecule has 0 aliphatic carbocycles. The monoisotopic (exact) mass is 407 g/mol. The van der Waals surface area contributed by atoms with Gasteiger partial charge in [0.2, 0.25) is 0 Å². The Morgan fingerprint density at radius 3 is 2.62 bits per heavy atom. The molecule has 1 amide bonds. The predicted octanol–water partition coefficient (Wildman–Crippen LogP) is 3.38. The van der Waals surface area contributed by atoms with Crippen molar-refractivity contribution in [2.24, 2.45) is 0 Å². The number of amides is 1. The summed E-state index contributed by atoms with van der Waals surface area (Å²) < 4.78 is 24.6. The summed E-state index contributed by atoms with van der Waals surface area (Å²) in [7, 11) is 1.36. The first kappa shape index (κ1) is 16.5. The molecule has 21 heavy (non-hydrogen) atoms. The molecule has 1 aromatic rings.